The first-order chi connectivity index (χ1) is 7.89. The summed E-state index contributed by atoms with van der Waals surface area (Å²) < 4.78 is 0. The van der Waals surface area contributed by atoms with Crippen molar-refractivity contribution in [3.63, 3.8) is 0 Å². The molecule has 4 aliphatic rings. The second-order valence-corrected chi connectivity index (χ2v) is 7.03. The van der Waals surface area contributed by atoms with Gasteiger partial charge in [-0.1, -0.05) is 32.1 Å². The highest BCUT2D eigenvalue weighted by molar-refractivity contribution is 5.10. The van der Waals surface area contributed by atoms with Crippen LogP contribution in [0.1, 0.15) is 57.8 Å². The zero-order valence-corrected chi connectivity index (χ0v) is 10.4. The lowest BCUT2D eigenvalue weighted by atomic mass is 9.56. The monoisotopic (exact) mass is 219 g/mol. The van der Waals surface area contributed by atoms with Crippen LogP contribution in [-0.2, 0) is 0 Å². The van der Waals surface area contributed by atoms with Gasteiger partial charge in [-0.15, -0.1) is 0 Å². The quantitative estimate of drug-likeness (QED) is 0.659. The number of nitrogens with one attached hydrogen (secondary N) is 1. The van der Waals surface area contributed by atoms with Crippen molar-refractivity contribution in [1.29, 1.82) is 0 Å². The largest absolute Gasteiger partial charge is 0.313 e. The van der Waals surface area contributed by atoms with Crippen molar-refractivity contribution in [2.45, 2.75) is 63.8 Å². The van der Waals surface area contributed by atoms with Crippen LogP contribution in [0.15, 0.2) is 0 Å². The molecule has 1 heteroatoms. The Kier molecular flexibility index (Phi) is 2.16. The smallest absolute Gasteiger partial charge is 0.0101 e. The molecule has 4 rings (SSSR count). The molecule has 4 unspecified atom stereocenters. The number of rotatable bonds is 0. The van der Waals surface area contributed by atoms with Crippen LogP contribution in [0.25, 0.3) is 0 Å². The fourth-order valence-electron chi connectivity index (χ4n) is 5.95. The second-order valence-electron chi connectivity index (χ2n) is 7.03. The van der Waals surface area contributed by atoms with Crippen molar-refractivity contribution in [3.8, 4) is 0 Å². The summed E-state index contributed by atoms with van der Waals surface area (Å²) in [4.78, 5) is 0. The van der Waals surface area contributed by atoms with Gasteiger partial charge in [0, 0.05) is 12.6 Å². The molecular formula is C15H25N. The van der Waals surface area contributed by atoms with Crippen LogP contribution in [0.2, 0.25) is 0 Å². The van der Waals surface area contributed by atoms with Gasteiger partial charge < -0.3 is 5.32 Å². The van der Waals surface area contributed by atoms with Crippen molar-refractivity contribution < 1.29 is 0 Å². The Morgan fingerprint density at radius 3 is 2.88 bits per heavy atom. The maximum atomic E-state index is 3.94. The van der Waals surface area contributed by atoms with Crippen LogP contribution in [0.5, 0.6) is 0 Å². The molecule has 1 nitrogen and oxygen atoms in total. The van der Waals surface area contributed by atoms with Gasteiger partial charge in [0.1, 0.15) is 0 Å². The molecule has 0 aromatic carbocycles. The van der Waals surface area contributed by atoms with Crippen molar-refractivity contribution in [2.24, 2.45) is 23.2 Å². The summed E-state index contributed by atoms with van der Waals surface area (Å²) in [5, 5.41) is 3.94. The molecular weight excluding hydrogens is 194 g/mol. The molecule has 16 heavy (non-hydrogen) atoms. The van der Waals surface area contributed by atoms with Gasteiger partial charge in [0.05, 0.1) is 0 Å². The highest BCUT2D eigenvalue weighted by Gasteiger charge is 2.57. The first-order valence-electron chi connectivity index (χ1n) is 7.62. The molecule has 0 aromatic rings. The topological polar surface area (TPSA) is 12.0 Å². The van der Waals surface area contributed by atoms with Gasteiger partial charge in [-0.05, 0) is 48.9 Å². The predicted octanol–water partition coefficient (Wildman–Crippen LogP) is 3.34. The zero-order chi connectivity index (χ0) is 10.6. The predicted molar refractivity (Wildman–Crippen MR) is 66.2 cm³/mol. The van der Waals surface area contributed by atoms with Crippen molar-refractivity contribution in [1.82, 2.24) is 5.32 Å². The second kappa shape index (κ2) is 3.48. The third kappa shape index (κ3) is 1.21. The highest BCUT2D eigenvalue weighted by atomic mass is 15.0. The van der Waals surface area contributed by atoms with E-state index in [9.17, 15) is 0 Å². The Labute approximate surface area is 99.4 Å². The molecule has 4 bridgehead atoms. The molecule has 1 saturated heterocycles. The molecule has 3 aliphatic carbocycles. The zero-order valence-electron chi connectivity index (χ0n) is 10.4. The fourth-order valence-corrected chi connectivity index (χ4v) is 5.95. The van der Waals surface area contributed by atoms with Gasteiger partial charge in [-0.3, -0.25) is 0 Å². The molecule has 1 N–H and O–H groups in total. The summed E-state index contributed by atoms with van der Waals surface area (Å²) in [5.74, 6) is 3.31. The van der Waals surface area contributed by atoms with E-state index in [0.29, 0.717) is 0 Å². The standard InChI is InChI=1S/C15H25N/c1-2-6-12-13-9-11-5-4-8-15(7-3-1,10-16-13)14(11)12/h11-14,16H,1-10H2/t11?,12?,13?,14-,15?/m0/s1. The molecule has 0 spiro atoms. The maximum Gasteiger partial charge on any atom is 0.0101 e. The van der Waals surface area contributed by atoms with Crippen LogP contribution >= 0.6 is 0 Å². The first kappa shape index (κ1) is 9.94. The summed E-state index contributed by atoms with van der Waals surface area (Å²) >= 11 is 0. The molecule has 90 valence electrons. The van der Waals surface area contributed by atoms with Gasteiger partial charge in [0.25, 0.3) is 0 Å². The summed E-state index contributed by atoms with van der Waals surface area (Å²) in [5.41, 5.74) is 0.751. The average molecular weight is 219 g/mol. The molecule has 0 radical (unpaired) electrons. The molecule has 4 fully saturated rings. The maximum absolute atomic E-state index is 3.94. The normalized spacial score (nSPS) is 55.5. The molecule has 0 aromatic heterocycles. The Hall–Kier alpha value is -0.0400. The minimum Gasteiger partial charge on any atom is -0.313 e. The van der Waals surface area contributed by atoms with Gasteiger partial charge in [0.15, 0.2) is 0 Å². The fraction of sp³-hybridized carbons (Fsp3) is 1.00. The van der Waals surface area contributed by atoms with E-state index < -0.39 is 0 Å². The van der Waals surface area contributed by atoms with Crippen molar-refractivity contribution in [2.75, 3.05) is 6.54 Å². The molecule has 3 saturated carbocycles. The van der Waals surface area contributed by atoms with Gasteiger partial charge >= 0.3 is 0 Å². The van der Waals surface area contributed by atoms with E-state index in [0.717, 1.165) is 29.2 Å². The molecule has 1 aliphatic heterocycles. The lowest BCUT2D eigenvalue weighted by Gasteiger charge is -2.52. The van der Waals surface area contributed by atoms with Crippen LogP contribution < -0.4 is 5.32 Å². The van der Waals surface area contributed by atoms with E-state index in [1.165, 1.54) is 38.6 Å². The van der Waals surface area contributed by atoms with Crippen LogP contribution in [0, 0.1) is 23.2 Å². The Morgan fingerprint density at radius 2 is 1.88 bits per heavy atom. The van der Waals surface area contributed by atoms with E-state index in [-0.39, 0.29) is 0 Å². The third-order valence-electron chi connectivity index (χ3n) is 6.43. The van der Waals surface area contributed by atoms with E-state index in [2.05, 4.69) is 5.32 Å². The summed E-state index contributed by atoms with van der Waals surface area (Å²) in [7, 11) is 0. The summed E-state index contributed by atoms with van der Waals surface area (Å²) in [6.07, 6.45) is 13.8. The SMILES string of the molecule is C1CCC2C3CC4CCCC(CC1)(CN3)[C@@H]42. The average Bonchev–Trinajstić information content (AvgIpc) is 2.60. The molecule has 1 heterocycles. The first-order valence-corrected chi connectivity index (χ1v) is 7.62. The number of hydrogen-bond acceptors (Lipinski definition) is 1. The van der Waals surface area contributed by atoms with Gasteiger partial charge in [-0.2, -0.15) is 0 Å². The Bertz CT molecular complexity index is 287. The third-order valence-corrected chi connectivity index (χ3v) is 6.43. The molecule has 5 atom stereocenters. The minimum atomic E-state index is 0.751. The van der Waals surface area contributed by atoms with Crippen molar-refractivity contribution in [3.05, 3.63) is 0 Å². The molecule has 0 amide bonds. The van der Waals surface area contributed by atoms with Crippen LogP contribution in [0.4, 0.5) is 0 Å². The van der Waals surface area contributed by atoms with E-state index in [1.807, 2.05) is 0 Å². The van der Waals surface area contributed by atoms with E-state index in [1.54, 1.807) is 25.7 Å². The number of hydrogen-bond donors (Lipinski definition) is 1. The van der Waals surface area contributed by atoms with Crippen LogP contribution in [-0.4, -0.2) is 12.6 Å². The lowest BCUT2D eigenvalue weighted by Crippen LogP contribution is -2.54. The van der Waals surface area contributed by atoms with Crippen LogP contribution in [0.3, 0.4) is 0 Å². The van der Waals surface area contributed by atoms with E-state index >= 15 is 0 Å². The van der Waals surface area contributed by atoms with Gasteiger partial charge in [0.2, 0.25) is 0 Å². The summed E-state index contributed by atoms with van der Waals surface area (Å²) in [6, 6.07) is 0.916. The number of piperidine rings is 1. The minimum absolute atomic E-state index is 0.751. The van der Waals surface area contributed by atoms with Gasteiger partial charge in [-0.25, -0.2) is 0 Å². The van der Waals surface area contributed by atoms with E-state index in [4.69, 9.17) is 0 Å². The summed E-state index contributed by atoms with van der Waals surface area (Å²) in [6.45, 7) is 1.37. The van der Waals surface area contributed by atoms with Crippen molar-refractivity contribution >= 4 is 0 Å². The highest BCUT2D eigenvalue weighted by Crippen LogP contribution is 2.60. The Balaban J connectivity index is 1.75. The lowest BCUT2D eigenvalue weighted by molar-refractivity contribution is -0.0124. The Morgan fingerprint density at radius 1 is 0.938 bits per heavy atom.